The van der Waals surface area contributed by atoms with Gasteiger partial charge in [-0.05, 0) is 37.5 Å². The maximum Gasteiger partial charge on any atom is 0.242 e. The summed E-state index contributed by atoms with van der Waals surface area (Å²) in [6.45, 7) is 4.68. The summed E-state index contributed by atoms with van der Waals surface area (Å²) in [5, 5.41) is 0. The van der Waals surface area contributed by atoms with Crippen LogP contribution in [0.25, 0.3) is 0 Å². The van der Waals surface area contributed by atoms with Crippen molar-refractivity contribution in [1.29, 1.82) is 0 Å². The van der Waals surface area contributed by atoms with Gasteiger partial charge in [-0.25, -0.2) is 0 Å². The van der Waals surface area contributed by atoms with Crippen molar-refractivity contribution < 1.29 is 14.4 Å². The zero-order valence-corrected chi connectivity index (χ0v) is 15.6. The molecule has 3 amide bonds. The maximum absolute atomic E-state index is 12.7. The third-order valence-electron chi connectivity index (χ3n) is 5.89. The molecule has 1 aromatic carbocycles. The van der Waals surface area contributed by atoms with Crippen molar-refractivity contribution in [3.05, 3.63) is 42.0 Å². The molecule has 0 saturated carbocycles. The highest BCUT2D eigenvalue weighted by atomic mass is 16.2. The maximum atomic E-state index is 12.7. The first-order valence-electron chi connectivity index (χ1n) is 9.64. The van der Waals surface area contributed by atoms with Crippen LogP contribution in [0, 0.1) is 18.8 Å². The highest BCUT2D eigenvalue weighted by molar-refractivity contribution is 6.07. The first-order valence-corrected chi connectivity index (χ1v) is 9.64. The van der Waals surface area contributed by atoms with Crippen LogP contribution in [0.15, 0.2) is 36.4 Å². The number of fused-ring (bicyclic) bond motifs is 1. The molecule has 2 saturated heterocycles. The Labute approximate surface area is 159 Å². The summed E-state index contributed by atoms with van der Waals surface area (Å²) < 4.78 is 0. The number of piperazine rings is 1. The standard InChI is InChI=1S/C21H25N3O3/c1-15-5-4-6-16(13-15)22-9-11-23(12-10-22)19(25)14-24-20(26)17-7-2-3-8-18(17)21(24)27/h2-6,13,17-18H,7-12,14H2,1H3. The van der Waals surface area contributed by atoms with Gasteiger partial charge in [-0.15, -0.1) is 0 Å². The number of amides is 3. The minimum Gasteiger partial charge on any atom is -0.368 e. The molecule has 1 aliphatic carbocycles. The van der Waals surface area contributed by atoms with Gasteiger partial charge in [-0.1, -0.05) is 24.3 Å². The molecule has 2 unspecified atom stereocenters. The topological polar surface area (TPSA) is 60.9 Å². The van der Waals surface area contributed by atoms with E-state index in [9.17, 15) is 14.4 Å². The van der Waals surface area contributed by atoms with E-state index >= 15 is 0 Å². The van der Waals surface area contributed by atoms with Gasteiger partial charge in [0.2, 0.25) is 17.7 Å². The molecule has 2 atom stereocenters. The highest BCUT2D eigenvalue weighted by Gasteiger charge is 2.47. The zero-order valence-electron chi connectivity index (χ0n) is 15.6. The predicted octanol–water partition coefficient (Wildman–Crippen LogP) is 1.59. The van der Waals surface area contributed by atoms with E-state index in [1.54, 1.807) is 4.90 Å². The Morgan fingerprint density at radius 1 is 1.00 bits per heavy atom. The van der Waals surface area contributed by atoms with Crippen LogP contribution in [0.3, 0.4) is 0 Å². The van der Waals surface area contributed by atoms with Gasteiger partial charge in [0.15, 0.2) is 0 Å². The van der Waals surface area contributed by atoms with Gasteiger partial charge in [-0.3, -0.25) is 19.3 Å². The van der Waals surface area contributed by atoms with E-state index in [0.29, 0.717) is 25.9 Å². The number of allylic oxidation sites excluding steroid dienone is 2. The monoisotopic (exact) mass is 367 g/mol. The zero-order chi connectivity index (χ0) is 19.0. The molecule has 2 fully saturated rings. The molecule has 4 rings (SSSR count). The number of aryl methyl sites for hydroxylation is 1. The smallest absolute Gasteiger partial charge is 0.242 e. The molecule has 3 aliphatic rings. The normalized spacial score (nSPS) is 25.1. The molecule has 0 radical (unpaired) electrons. The van der Waals surface area contributed by atoms with Gasteiger partial charge >= 0.3 is 0 Å². The molecule has 27 heavy (non-hydrogen) atoms. The Balaban J connectivity index is 1.35. The molecule has 0 spiro atoms. The van der Waals surface area contributed by atoms with E-state index in [1.165, 1.54) is 16.2 Å². The summed E-state index contributed by atoms with van der Waals surface area (Å²) in [6, 6.07) is 8.35. The Kier molecular flexibility index (Phi) is 4.72. The number of carbonyl (C=O) groups is 3. The third kappa shape index (κ3) is 3.36. The number of imide groups is 1. The van der Waals surface area contributed by atoms with Gasteiger partial charge in [0.1, 0.15) is 6.54 Å². The Morgan fingerprint density at radius 2 is 1.63 bits per heavy atom. The van der Waals surface area contributed by atoms with E-state index in [1.807, 2.05) is 18.2 Å². The largest absolute Gasteiger partial charge is 0.368 e. The van der Waals surface area contributed by atoms with Crippen LogP contribution >= 0.6 is 0 Å². The van der Waals surface area contributed by atoms with Crippen molar-refractivity contribution in [2.45, 2.75) is 19.8 Å². The summed E-state index contributed by atoms with van der Waals surface area (Å²) >= 11 is 0. The average molecular weight is 367 g/mol. The second kappa shape index (κ2) is 7.18. The Hall–Kier alpha value is -2.63. The quantitative estimate of drug-likeness (QED) is 0.601. The number of hydrogen-bond acceptors (Lipinski definition) is 4. The van der Waals surface area contributed by atoms with Crippen molar-refractivity contribution in [1.82, 2.24) is 9.80 Å². The summed E-state index contributed by atoms with van der Waals surface area (Å²) in [6.07, 6.45) is 5.13. The molecular formula is C21H25N3O3. The van der Waals surface area contributed by atoms with Gasteiger partial charge in [0.05, 0.1) is 11.8 Å². The molecule has 6 heteroatoms. The lowest BCUT2D eigenvalue weighted by atomic mass is 9.85. The van der Waals surface area contributed by atoms with E-state index in [0.717, 1.165) is 13.1 Å². The van der Waals surface area contributed by atoms with Crippen LogP contribution < -0.4 is 4.90 Å². The number of benzene rings is 1. The SMILES string of the molecule is Cc1cccc(N2CCN(C(=O)CN3C(=O)C4CC=CCC4C3=O)CC2)c1. The minimum atomic E-state index is -0.270. The molecule has 2 heterocycles. The Bertz CT molecular complexity index is 770. The number of carbonyl (C=O) groups excluding carboxylic acids is 3. The molecular weight excluding hydrogens is 342 g/mol. The van der Waals surface area contributed by atoms with Gasteiger partial charge < -0.3 is 9.80 Å². The predicted molar refractivity (Wildman–Crippen MR) is 102 cm³/mol. The van der Waals surface area contributed by atoms with Gasteiger partial charge in [0, 0.05) is 31.9 Å². The van der Waals surface area contributed by atoms with E-state index in [2.05, 4.69) is 30.0 Å². The fraction of sp³-hybridized carbons (Fsp3) is 0.476. The lowest BCUT2D eigenvalue weighted by Gasteiger charge is -2.36. The first-order chi connectivity index (χ1) is 13.0. The molecule has 142 valence electrons. The number of hydrogen-bond donors (Lipinski definition) is 0. The second-order valence-corrected chi connectivity index (χ2v) is 7.63. The average Bonchev–Trinajstić information content (AvgIpc) is 2.93. The Morgan fingerprint density at radius 3 is 2.22 bits per heavy atom. The van der Waals surface area contributed by atoms with Crippen molar-refractivity contribution in [2.75, 3.05) is 37.6 Å². The number of rotatable bonds is 3. The molecule has 6 nitrogen and oxygen atoms in total. The molecule has 0 N–H and O–H groups in total. The van der Waals surface area contributed by atoms with Crippen LogP contribution in [0.1, 0.15) is 18.4 Å². The second-order valence-electron chi connectivity index (χ2n) is 7.63. The minimum absolute atomic E-state index is 0.116. The number of anilines is 1. The van der Waals surface area contributed by atoms with Crippen LogP contribution in [0.2, 0.25) is 0 Å². The van der Waals surface area contributed by atoms with Crippen molar-refractivity contribution >= 4 is 23.4 Å². The fourth-order valence-electron chi connectivity index (χ4n) is 4.30. The molecule has 1 aromatic rings. The van der Waals surface area contributed by atoms with Crippen molar-refractivity contribution in [2.24, 2.45) is 11.8 Å². The first kappa shape index (κ1) is 17.8. The van der Waals surface area contributed by atoms with Crippen LogP contribution in [0.4, 0.5) is 5.69 Å². The van der Waals surface area contributed by atoms with E-state index in [-0.39, 0.29) is 36.1 Å². The fourth-order valence-corrected chi connectivity index (χ4v) is 4.30. The van der Waals surface area contributed by atoms with Crippen LogP contribution in [-0.4, -0.2) is 60.2 Å². The highest BCUT2D eigenvalue weighted by Crippen LogP contribution is 2.35. The van der Waals surface area contributed by atoms with Crippen molar-refractivity contribution in [3.63, 3.8) is 0 Å². The molecule has 2 aliphatic heterocycles. The molecule has 0 aromatic heterocycles. The van der Waals surface area contributed by atoms with Crippen LogP contribution in [0.5, 0.6) is 0 Å². The lowest BCUT2D eigenvalue weighted by Crippen LogP contribution is -2.52. The summed E-state index contributed by atoms with van der Waals surface area (Å²) in [5.41, 5.74) is 2.39. The van der Waals surface area contributed by atoms with E-state index < -0.39 is 0 Å². The van der Waals surface area contributed by atoms with Gasteiger partial charge in [0.25, 0.3) is 0 Å². The van der Waals surface area contributed by atoms with Gasteiger partial charge in [-0.2, -0.15) is 0 Å². The number of likely N-dealkylation sites (tertiary alicyclic amines) is 1. The summed E-state index contributed by atoms with van der Waals surface area (Å²) in [7, 11) is 0. The lowest BCUT2D eigenvalue weighted by molar-refractivity contribution is -0.146. The van der Waals surface area contributed by atoms with Crippen LogP contribution in [-0.2, 0) is 14.4 Å². The van der Waals surface area contributed by atoms with Crippen molar-refractivity contribution in [3.8, 4) is 0 Å². The number of nitrogens with zero attached hydrogens (tertiary/aromatic N) is 3. The molecule has 0 bridgehead atoms. The summed E-state index contributed by atoms with van der Waals surface area (Å²) in [4.78, 5) is 43.0. The van der Waals surface area contributed by atoms with E-state index in [4.69, 9.17) is 0 Å². The third-order valence-corrected chi connectivity index (χ3v) is 5.89. The summed E-state index contributed by atoms with van der Waals surface area (Å²) in [5.74, 6) is -1.03.